The quantitative estimate of drug-likeness (QED) is 0.800. The van der Waals surface area contributed by atoms with Crippen molar-refractivity contribution in [3.05, 3.63) is 35.9 Å². The van der Waals surface area contributed by atoms with Gasteiger partial charge in [-0.1, -0.05) is 0 Å². The maximum Gasteiger partial charge on any atom is 0.0550 e. The first-order valence-electron chi connectivity index (χ1n) is 5.54. The van der Waals surface area contributed by atoms with Gasteiger partial charge in [-0.15, -0.1) is 0 Å². The largest absolute Gasteiger partial charge is 0.303 e. The molecule has 0 aliphatic carbocycles. The number of H-pyrrole nitrogens is 1. The highest BCUT2D eigenvalue weighted by molar-refractivity contribution is 5.06. The highest BCUT2D eigenvalue weighted by Crippen LogP contribution is 2.11. The van der Waals surface area contributed by atoms with Crippen LogP contribution in [0.2, 0.25) is 0 Å². The van der Waals surface area contributed by atoms with Gasteiger partial charge in [0.1, 0.15) is 0 Å². The number of hydrogen-bond donors (Lipinski definition) is 2. The second kappa shape index (κ2) is 4.94. The predicted molar refractivity (Wildman–Crippen MR) is 61.7 cm³/mol. The lowest BCUT2D eigenvalue weighted by atomic mass is 10.2. The maximum atomic E-state index is 4.26. The Bertz CT molecular complexity index is 417. The third-order valence-corrected chi connectivity index (χ3v) is 2.65. The van der Waals surface area contributed by atoms with Crippen LogP contribution in [0.25, 0.3) is 0 Å². The van der Waals surface area contributed by atoms with E-state index in [4.69, 9.17) is 0 Å². The van der Waals surface area contributed by atoms with Crippen molar-refractivity contribution in [2.75, 3.05) is 0 Å². The normalized spacial score (nSPS) is 12.9. The minimum Gasteiger partial charge on any atom is -0.303 e. The molecule has 2 aromatic heterocycles. The van der Waals surface area contributed by atoms with Crippen LogP contribution < -0.4 is 5.32 Å². The summed E-state index contributed by atoms with van der Waals surface area (Å²) in [6.45, 7) is 5.92. The summed E-state index contributed by atoms with van der Waals surface area (Å²) < 4.78 is 2.00. The van der Waals surface area contributed by atoms with Crippen molar-refractivity contribution in [1.82, 2.24) is 25.3 Å². The second-order valence-corrected chi connectivity index (χ2v) is 3.76. The Hall–Kier alpha value is -1.62. The molecule has 0 aliphatic rings. The minimum absolute atomic E-state index is 0.283. The van der Waals surface area contributed by atoms with Gasteiger partial charge in [-0.05, 0) is 26.0 Å². The SMILES string of the molecule is CCn1nccc1C(C)NCc1ccn[nH]1. The van der Waals surface area contributed by atoms with Crippen LogP contribution in [0, 0.1) is 0 Å². The summed E-state index contributed by atoms with van der Waals surface area (Å²) in [6, 6.07) is 4.30. The van der Waals surface area contributed by atoms with Gasteiger partial charge in [0, 0.05) is 37.2 Å². The molecule has 0 saturated carbocycles. The standard InChI is InChI=1S/C11H17N5/c1-3-16-11(5-7-14-16)9(2)12-8-10-4-6-13-15-10/h4-7,9,12H,3,8H2,1-2H3,(H,13,15). The summed E-state index contributed by atoms with van der Waals surface area (Å²) in [5.41, 5.74) is 2.30. The number of nitrogens with one attached hydrogen (secondary N) is 2. The van der Waals surface area contributed by atoms with Crippen LogP contribution in [-0.2, 0) is 13.1 Å². The Labute approximate surface area is 94.9 Å². The van der Waals surface area contributed by atoms with Crippen molar-refractivity contribution < 1.29 is 0 Å². The van der Waals surface area contributed by atoms with Crippen LogP contribution in [-0.4, -0.2) is 20.0 Å². The van der Waals surface area contributed by atoms with Gasteiger partial charge in [-0.25, -0.2) is 0 Å². The molecule has 2 heterocycles. The molecule has 0 bridgehead atoms. The molecule has 0 aliphatic heterocycles. The zero-order valence-corrected chi connectivity index (χ0v) is 9.64. The first-order valence-corrected chi connectivity index (χ1v) is 5.54. The second-order valence-electron chi connectivity index (χ2n) is 3.76. The van der Waals surface area contributed by atoms with E-state index in [0.29, 0.717) is 0 Å². The average Bonchev–Trinajstić information content (AvgIpc) is 2.96. The topological polar surface area (TPSA) is 58.5 Å². The van der Waals surface area contributed by atoms with Gasteiger partial charge in [0.25, 0.3) is 0 Å². The summed E-state index contributed by atoms with van der Waals surface area (Å²) >= 11 is 0. The highest BCUT2D eigenvalue weighted by Gasteiger charge is 2.09. The van der Waals surface area contributed by atoms with Crippen molar-refractivity contribution in [1.29, 1.82) is 0 Å². The Morgan fingerprint density at radius 2 is 2.31 bits per heavy atom. The van der Waals surface area contributed by atoms with Gasteiger partial charge in [0.2, 0.25) is 0 Å². The Morgan fingerprint density at radius 1 is 1.44 bits per heavy atom. The molecule has 0 fully saturated rings. The lowest BCUT2D eigenvalue weighted by Gasteiger charge is -2.14. The maximum absolute atomic E-state index is 4.26. The fraction of sp³-hybridized carbons (Fsp3) is 0.455. The van der Waals surface area contributed by atoms with E-state index in [-0.39, 0.29) is 6.04 Å². The summed E-state index contributed by atoms with van der Waals surface area (Å²) in [6.07, 6.45) is 3.60. The molecule has 0 spiro atoms. The van der Waals surface area contributed by atoms with Crippen molar-refractivity contribution in [3.63, 3.8) is 0 Å². The number of aryl methyl sites for hydroxylation is 1. The monoisotopic (exact) mass is 219 g/mol. The molecule has 2 aromatic rings. The summed E-state index contributed by atoms with van der Waals surface area (Å²) in [7, 11) is 0. The summed E-state index contributed by atoms with van der Waals surface area (Å²) in [4.78, 5) is 0. The van der Waals surface area contributed by atoms with Gasteiger partial charge >= 0.3 is 0 Å². The number of aromatic nitrogens is 4. The van der Waals surface area contributed by atoms with Gasteiger partial charge in [0.15, 0.2) is 0 Å². The van der Waals surface area contributed by atoms with Crippen LogP contribution in [0.15, 0.2) is 24.5 Å². The molecule has 5 heteroatoms. The lowest BCUT2D eigenvalue weighted by Crippen LogP contribution is -2.21. The number of rotatable bonds is 5. The van der Waals surface area contributed by atoms with Crippen LogP contribution in [0.5, 0.6) is 0 Å². The zero-order valence-electron chi connectivity index (χ0n) is 9.64. The summed E-state index contributed by atoms with van der Waals surface area (Å²) in [5, 5.41) is 14.5. The van der Waals surface area contributed by atoms with Gasteiger partial charge in [-0.3, -0.25) is 9.78 Å². The molecule has 0 aromatic carbocycles. The minimum atomic E-state index is 0.283. The van der Waals surface area contributed by atoms with Gasteiger partial charge in [-0.2, -0.15) is 10.2 Å². The van der Waals surface area contributed by atoms with E-state index < -0.39 is 0 Å². The molecule has 86 valence electrons. The molecule has 0 radical (unpaired) electrons. The third-order valence-electron chi connectivity index (χ3n) is 2.65. The van der Waals surface area contributed by atoms with Crippen molar-refractivity contribution in [2.45, 2.75) is 33.0 Å². The van der Waals surface area contributed by atoms with E-state index in [1.54, 1.807) is 6.20 Å². The van der Waals surface area contributed by atoms with E-state index in [1.165, 1.54) is 5.69 Å². The third kappa shape index (κ3) is 2.30. The van der Waals surface area contributed by atoms with E-state index >= 15 is 0 Å². The zero-order chi connectivity index (χ0) is 11.4. The molecule has 1 unspecified atom stereocenters. The first-order chi connectivity index (χ1) is 7.81. The number of nitrogens with zero attached hydrogens (tertiary/aromatic N) is 3. The summed E-state index contributed by atoms with van der Waals surface area (Å²) in [5.74, 6) is 0. The molecular formula is C11H17N5. The predicted octanol–water partition coefficient (Wildman–Crippen LogP) is 1.48. The fourth-order valence-electron chi connectivity index (χ4n) is 1.73. The molecule has 16 heavy (non-hydrogen) atoms. The lowest BCUT2D eigenvalue weighted by molar-refractivity contribution is 0.505. The Morgan fingerprint density at radius 3 is 3.00 bits per heavy atom. The van der Waals surface area contributed by atoms with Crippen LogP contribution >= 0.6 is 0 Å². The number of hydrogen-bond acceptors (Lipinski definition) is 3. The molecule has 1 atom stereocenters. The van der Waals surface area contributed by atoms with Crippen molar-refractivity contribution in [2.24, 2.45) is 0 Å². The van der Waals surface area contributed by atoms with E-state index in [9.17, 15) is 0 Å². The fourth-order valence-corrected chi connectivity index (χ4v) is 1.73. The average molecular weight is 219 g/mol. The van der Waals surface area contributed by atoms with Crippen LogP contribution in [0.3, 0.4) is 0 Å². The smallest absolute Gasteiger partial charge is 0.0550 e. The highest BCUT2D eigenvalue weighted by atomic mass is 15.3. The molecule has 2 rings (SSSR count). The Kier molecular flexibility index (Phi) is 3.36. The van der Waals surface area contributed by atoms with Gasteiger partial charge in [0.05, 0.1) is 5.69 Å². The van der Waals surface area contributed by atoms with Crippen molar-refractivity contribution >= 4 is 0 Å². The molecule has 2 N–H and O–H groups in total. The molecule has 5 nitrogen and oxygen atoms in total. The molecule has 0 amide bonds. The molecular weight excluding hydrogens is 202 g/mol. The van der Waals surface area contributed by atoms with E-state index in [0.717, 1.165) is 18.8 Å². The Balaban J connectivity index is 1.95. The first kappa shape index (κ1) is 10.9. The van der Waals surface area contributed by atoms with E-state index in [2.05, 4.69) is 34.5 Å². The van der Waals surface area contributed by atoms with Crippen molar-refractivity contribution in [3.8, 4) is 0 Å². The van der Waals surface area contributed by atoms with Gasteiger partial charge < -0.3 is 5.32 Å². The number of aromatic amines is 1. The molecule has 0 saturated heterocycles. The van der Waals surface area contributed by atoms with E-state index in [1.807, 2.05) is 23.0 Å². The van der Waals surface area contributed by atoms with Crippen LogP contribution in [0.4, 0.5) is 0 Å². The van der Waals surface area contributed by atoms with Crippen LogP contribution in [0.1, 0.15) is 31.3 Å².